The fraction of sp³-hybridized carbons (Fsp3) is 0.214. The smallest absolute Gasteiger partial charge is 0.453 e. The Morgan fingerprint density at radius 3 is 2.43 bits per heavy atom. The van der Waals surface area contributed by atoms with Gasteiger partial charge in [-0.25, -0.2) is 0 Å². The molecule has 1 aromatic carbocycles. The van der Waals surface area contributed by atoms with Gasteiger partial charge < -0.3 is 15.2 Å². The fourth-order valence-corrected chi connectivity index (χ4v) is 1.67. The first-order valence-electron chi connectivity index (χ1n) is 6.07. The molecule has 2 N–H and O–H groups in total. The maximum Gasteiger partial charge on any atom is 0.573 e. The molecule has 4 nitrogen and oxygen atoms in total. The summed E-state index contributed by atoms with van der Waals surface area (Å²) in [5.41, 5.74) is 6.81. The van der Waals surface area contributed by atoms with Crippen LogP contribution in [0.1, 0.15) is 11.3 Å². The predicted molar refractivity (Wildman–Crippen MR) is 70.1 cm³/mol. The van der Waals surface area contributed by atoms with E-state index in [2.05, 4.69) is 9.72 Å². The number of halogens is 3. The SMILES string of the molecule is Cc1cc(Oc2ccccc2OC(F)(F)F)c(CN)cn1. The Labute approximate surface area is 119 Å². The average molecular weight is 298 g/mol. The molecule has 1 aromatic heterocycles. The molecule has 0 unspecified atom stereocenters. The first-order chi connectivity index (χ1) is 9.89. The highest BCUT2D eigenvalue weighted by atomic mass is 19.4. The molecule has 7 heteroatoms. The van der Waals surface area contributed by atoms with Crippen LogP contribution in [-0.4, -0.2) is 11.3 Å². The Morgan fingerprint density at radius 2 is 1.81 bits per heavy atom. The second-order valence-corrected chi connectivity index (χ2v) is 4.23. The van der Waals surface area contributed by atoms with Crippen molar-refractivity contribution >= 4 is 0 Å². The third-order valence-corrected chi connectivity index (χ3v) is 2.60. The van der Waals surface area contributed by atoms with E-state index in [0.29, 0.717) is 17.0 Å². The number of benzene rings is 1. The zero-order valence-electron chi connectivity index (χ0n) is 11.1. The zero-order chi connectivity index (χ0) is 15.5. The largest absolute Gasteiger partial charge is 0.573 e. The average Bonchev–Trinajstić information content (AvgIpc) is 2.40. The highest BCUT2D eigenvalue weighted by molar-refractivity contribution is 5.44. The quantitative estimate of drug-likeness (QED) is 0.938. The van der Waals surface area contributed by atoms with Crippen molar-refractivity contribution < 1.29 is 22.6 Å². The van der Waals surface area contributed by atoms with Crippen LogP contribution in [0.25, 0.3) is 0 Å². The number of para-hydroxylation sites is 2. The minimum Gasteiger partial charge on any atom is -0.453 e. The van der Waals surface area contributed by atoms with E-state index in [1.165, 1.54) is 24.4 Å². The van der Waals surface area contributed by atoms with Crippen LogP contribution < -0.4 is 15.2 Å². The Kier molecular flexibility index (Phi) is 4.32. The number of alkyl halides is 3. The molecule has 0 fully saturated rings. The van der Waals surface area contributed by atoms with Gasteiger partial charge in [0.1, 0.15) is 5.75 Å². The summed E-state index contributed by atoms with van der Waals surface area (Å²) in [7, 11) is 0. The van der Waals surface area contributed by atoms with Crippen molar-refractivity contribution in [2.45, 2.75) is 19.8 Å². The number of nitrogens with two attached hydrogens (primary N) is 1. The molecule has 0 aliphatic heterocycles. The fourth-order valence-electron chi connectivity index (χ4n) is 1.67. The first-order valence-corrected chi connectivity index (χ1v) is 6.07. The van der Waals surface area contributed by atoms with E-state index in [4.69, 9.17) is 10.5 Å². The van der Waals surface area contributed by atoms with Crippen molar-refractivity contribution in [3.63, 3.8) is 0 Å². The van der Waals surface area contributed by atoms with Crippen molar-refractivity contribution in [2.24, 2.45) is 5.73 Å². The molecule has 2 aromatic rings. The molecule has 0 aliphatic carbocycles. The van der Waals surface area contributed by atoms with Crippen LogP contribution in [0.15, 0.2) is 36.5 Å². The summed E-state index contributed by atoms with van der Waals surface area (Å²) in [4.78, 5) is 4.06. The van der Waals surface area contributed by atoms with Crippen LogP contribution in [0, 0.1) is 6.92 Å². The molecule has 0 saturated carbocycles. The number of aryl methyl sites for hydroxylation is 1. The lowest BCUT2D eigenvalue weighted by Crippen LogP contribution is -2.17. The number of hydrogen-bond donors (Lipinski definition) is 1. The Morgan fingerprint density at radius 1 is 1.14 bits per heavy atom. The van der Waals surface area contributed by atoms with E-state index >= 15 is 0 Å². The van der Waals surface area contributed by atoms with Gasteiger partial charge in [-0.3, -0.25) is 4.98 Å². The molecule has 0 amide bonds. The van der Waals surface area contributed by atoms with E-state index in [1.807, 2.05) is 0 Å². The van der Waals surface area contributed by atoms with Gasteiger partial charge in [-0.2, -0.15) is 0 Å². The molecule has 21 heavy (non-hydrogen) atoms. The number of aromatic nitrogens is 1. The van der Waals surface area contributed by atoms with Gasteiger partial charge in [-0.15, -0.1) is 13.2 Å². The summed E-state index contributed by atoms with van der Waals surface area (Å²) in [6.45, 7) is 1.90. The maximum absolute atomic E-state index is 12.4. The van der Waals surface area contributed by atoms with Gasteiger partial charge in [0, 0.05) is 30.1 Å². The molecule has 0 atom stereocenters. The van der Waals surface area contributed by atoms with Crippen molar-refractivity contribution in [3.05, 3.63) is 47.8 Å². The van der Waals surface area contributed by atoms with Crippen molar-refractivity contribution in [2.75, 3.05) is 0 Å². The molecule has 0 saturated heterocycles. The van der Waals surface area contributed by atoms with Crippen LogP contribution >= 0.6 is 0 Å². The third-order valence-electron chi connectivity index (χ3n) is 2.60. The predicted octanol–water partition coefficient (Wildman–Crippen LogP) is 3.54. The second kappa shape index (κ2) is 6.01. The lowest BCUT2D eigenvalue weighted by atomic mass is 10.2. The van der Waals surface area contributed by atoms with Crippen LogP contribution in [0.3, 0.4) is 0 Å². The van der Waals surface area contributed by atoms with E-state index in [-0.39, 0.29) is 12.3 Å². The third kappa shape index (κ3) is 4.09. The zero-order valence-corrected chi connectivity index (χ0v) is 11.1. The van der Waals surface area contributed by atoms with E-state index < -0.39 is 12.1 Å². The molecule has 0 spiro atoms. The summed E-state index contributed by atoms with van der Waals surface area (Å²) in [5, 5.41) is 0. The van der Waals surface area contributed by atoms with Gasteiger partial charge in [-0.05, 0) is 19.1 Å². The van der Waals surface area contributed by atoms with Gasteiger partial charge >= 0.3 is 6.36 Å². The van der Waals surface area contributed by atoms with E-state index in [1.54, 1.807) is 19.1 Å². The summed E-state index contributed by atoms with van der Waals surface area (Å²) < 4.78 is 46.5. The van der Waals surface area contributed by atoms with Gasteiger partial charge in [0.15, 0.2) is 11.5 Å². The topological polar surface area (TPSA) is 57.4 Å². The standard InChI is InChI=1S/C14H13F3N2O2/c1-9-6-13(10(7-18)8-19-9)20-11-4-2-3-5-12(11)21-14(15,16)17/h2-6,8H,7,18H2,1H3. The maximum atomic E-state index is 12.4. The molecular formula is C14H13F3N2O2. The van der Waals surface area contributed by atoms with Gasteiger partial charge in [0.05, 0.1) is 0 Å². The lowest BCUT2D eigenvalue weighted by Gasteiger charge is -2.15. The molecular weight excluding hydrogens is 285 g/mol. The number of hydrogen-bond acceptors (Lipinski definition) is 4. The number of nitrogens with zero attached hydrogens (tertiary/aromatic N) is 1. The Hall–Kier alpha value is -2.28. The van der Waals surface area contributed by atoms with Crippen LogP contribution in [0.4, 0.5) is 13.2 Å². The van der Waals surface area contributed by atoms with Crippen molar-refractivity contribution in [1.82, 2.24) is 4.98 Å². The van der Waals surface area contributed by atoms with Crippen LogP contribution in [-0.2, 0) is 6.54 Å². The molecule has 0 radical (unpaired) electrons. The second-order valence-electron chi connectivity index (χ2n) is 4.23. The minimum absolute atomic E-state index is 0.0462. The summed E-state index contributed by atoms with van der Waals surface area (Å²) >= 11 is 0. The van der Waals surface area contributed by atoms with E-state index in [9.17, 15) is 13.2 Å². The lowest BCUT2D eigenvalue weighted by molar-refractivity contribution is -0.275. The summed E-state index contributed by atoms with van der Waals surface area (Å²) in [6.07, 6.45) is -3.26. The highest BCUT2D eigenvalue weighted by Crippen LogP contribution is 2.35. The first kappa shape index (κ1) is 15.1. The Bertz CT molecular complexity index is 630. The van der Waals surface area contributed by atoms with E-state index in [0.717, 1.165) is 0 Å². The van der Waals surface area contributed by atoms with Crippen LogP contribution in [0.5, 0.6) is 17.2 Å². The van der Waals surface area contributed by atoms with Gasteiger partial charge in [-0.1, -0.05) is 12.1 Å². The number of ether oxygens (including phenoxy) is 2. The van der Waals surface area contributed by atoms with Gasteiger partial charge in [0.25, 0.3) is 0 Å². The molecule has 1 heterocycles. The normalized spacial score (nSPS) is 11.3. The number of rotatable bonds is 4. The minimum atomic E-state index is -4.79. The number of pyridine rings is 1. The highest BCUT2D eigenvalue weighted by Gasteiger charge is 2.32. The van der Waals surface area contributed by atoms with Gasteiger partial charge in [0.2, 0.25) is 0 Å². The summed E-state index contributed by atoms with van der Waals surface area (Å²) in [5.74, 6) is -0.110. The van der Waals surface area contributed by atoms with Crippen molar-refractivity contribution in [1.29, 1.82) is 0 Å². The molecule has 112 valence electrons. The summed E-state index contributed by atoms with van der Waals surface area (Å²) in [6, 6.07) is 7.15. The van der Waals surface area contributed by atoms with Crippen LogP contribution in [0.2, 0.25) is 0 Å². The molecule has 0 aliphatic rings. The monoisotopic (exact) mass is 298 g/mol. The molecule has 2 rings (SSSR count). The van der Waals surface area contributed by atoms with Crippen molar-refractivity contribution in [3.8, 4) is 17.2 Å². The Balaban J connectivity index is 2.34. The molecule has 0 bridgehead atoms.